The molecule has 2 aromatic rings. The molecule has 1 aliphatic rings. The van der Waals surface area contributed by atoms with Crippen LogP contribution in [0.2, 0.25) is 0 Å². The molecule has 6 heteroatoms. The van der Waals surface area contributed by atoms with Gasteiger partial charge in [0.05, 0.1) is 0 Å². The lowest BCUT2D eigenvalue weighted by Crippen LogP contribution is -2.42. The summed E-state index contributed by atoms with van der Waals surface area (Å²) < 4.78 is 23.7. The highest BCUT2D eigenvalue weighted by Crippen LogP contribution is 2.44. The molecule has 0 unspecified atom stereocenters. The van der Waals surface area contributed by atoms with Crippen molar-refractivity contribution in [3.05, 3.63) is 35.2 Å². The average molecular weight is 323 g/mol. The molecule has 1 amide bonds. The summed E-state index contributed by atoms with van der Waals surface area (Å²) in [5, 5.41) is 3.17. The summed E-state index contributed by atoms with van der Waals surface area (Å²) in [5.74, 6) is -0.278. The van der Waals surface area contributed by atoms with Crippen LogP contribution in [0.5, 0.6) is 0 Å². The molecule has 0 bridgehead atoms. The number of thiophene rings is 1. The van der Waals surface area contributed by atoms with Gasteiger partial charge in [-0.15, -0.1) is 11.3 Å². The number of carbonyl (C=O) groups is 1. The third-order valence-electron chi connectivity index (χ3n) is 4.12. The van der Waals surface area contributed by atoms with Crippen molar-refractivity contribution in [3.63, 3.8) is 0 Å². The van der Waals surface area contributed by atoms with E-state index in [1.54, 1.807) is 23.3 Å². The smallest absolute Gasteiger partial charge is 0.244 e. The van der Waals surface area contributed by atoms with Crippen molar-refractivity contribution < 1.29 is 13.2 Å². The lowest BCUT2D eigenvalue weighted by Gasteiger charge is -2.22. The Morgan fingerprint density at radius 1 is 1.33 bits per heavy atom. The number of carbonyl (C=O) groups excluding carboxylic acids is 1. The maximum Gasteiger partial charge on any atom is 0.244 e. The van der Waals surface area contributed by atoms with Crippen LogP contribution in [0.3, 0.4) is 0 Å². The number of fused-ring (bicyclic) bond motifs is 1. The van der Waals surface area contributed by atoms with Crippen LogP contribution in [-0.4, -0.2) is 37.3 Å². The summed E-state index contributed by atoms with van der Waals surface area (Å²) in [5.41, 5.74) is 1.07. The number of benzene rings is 1. The molecule has 0 N–H and O–H groups in total. The summed E-state index contributed by atoms with van der Waals surface area (Å²) in [6.07, 6.45) is 2.05. The first-order valence-electron chi connectivity index (χ1n) is 6.75. The Morgan fingerprint density at radius 2 is 2.00 bits per heavy atom. The molecule has 3 rings (SSSR count). The molecule has 0 atom stereocenters. The lowest BCUT2D eigenvalue weighted by atomic mass is 10.1. The van der Waals surface area contributed by atoms with Crippen LogP contribution in [0.25, 0.3) is 10.1 Å². The number of hydrogen-bond donors (Lipinski definition) is 0. The summed E-state index contributed by atoms with van der Waals surface area (Å²) in [7, 11) is -1.66. The van der Waals surface area contributed by atoms with Gasteiger partial charge in [-0.05, 0) is 35.2 Å². The van der Waals surface area contributed by atoms with Crippen LogP contribution in [0.4, 0.5) is 0 Å². The number of amides is 1. The predicted octanol–water partition coefficient (Wildman–Crippen LogP) is 2.44. The van der Waals surface area contributed by atoms with Crippen molar-refractivity contribution in [2.24, 2.45) is 0 Å². The molecule has 1 aliphatic carbocycles. The summed E-state index contributed by atoms with van der Waals surface area (Å²) in [6, 6.07) is 8.03. The Hall–Kier alpha value is -1.40. The fraction of sp³-hybridized carbons (Fsp3) is 0.400. The van der Waals surface area contributed by atoms with Crippen LogP contribution in [-0.2, 0) is 21.2 Å². The van der Waals surface area contributed by atoms with Gasteiger partial charge in [0.15, 0.2) is 14.6 Å². The Bertz CT molecular complexity index is 803. The molecule has 112 valence electrons. The van der Waals surface area contributed by atoms with Crippen LogP contribution < -0.4 is 0 Å². The molecule has 21 heavy (non-hydrogen) atoms. The highest BCUT2D eigenvalue weighted by molar-refractivity contribution is 7.93. The predicted molar refractivity (Wildman–Crippen MR) is 85.1 cm³/mol. The molecule has 1 aromatic heterocycles. The van der Waals surface area contributed by atoms with Gasteiger partial charge in [0.25, 0.3) is 0 Å². The first-order valence-corrected chi connectivity index (χ1v) is 9.52. The third-order valence-corrected chi connectivity index (χ3v) is 7.13. The summed E-state index contributed by atoms with van der Waals surface area (Å²) >= 11 is 1.64. The molecule has 0 spiro atoms. The molecular formula is C15H17NO3S2. The van der Waals surface area contributed by atoms with Gasteiger partial charge in [-0.1, -0.05) is 18.2 Å². The van der Waals surface area contributed by atoms with Gasteiger partial charge in [0.1, 0.15) is 0 Å². The minimum Gasteiger partial charge on any atom is -0.340 e. The molecule has 1 aromatic carbocycles. The van der Waals surface area contributed by atoms with Crippen LogP contribution in [0.1, 0.15) is 18.4 Å². The van der Waals surface area contributed by atoms with Crippen molar-refractivity contribution in [2.75, 3.05) is 13.3 Å². The molecule has 0 aliphatic heterocycles. The van der Waals surface area contributed by atoms with E-state index in [2.05, 4.69) is 0 Å². The van der Waals surface area contributed by atoms with E-state index >= 15 is 0 Å². The molecule has 4 nitrogen and oxygen atoms in total. The topological polar surface area (TPSA) is 54.5 Å². The van der Waals surface area contributed by atoms with Crippen molar-refractivity contribution in [1.29, 1.82) is 0 Å². The maximum absolute atomic E-state index is 12.5. The molecule has 1 heterocycles. The monoisotopic (exact) mass is 323 g/mol. The van der Waals surface area contributed by atoms with Gasteiger partial charge < -0.3 is 4.90 Å². The Labute approximate surface area is 128 Å². The van der Waals surface area contributed by atoms with Crippen molar-refractivity contribution >= 4 is 37.2 Å². The van der Waals surface area contributed by atoms with Gasteiger partial charge in [0.2, 0.25) is 5.91 Å². The van der Waals surface area contributed by atoms with E-state index in [4.69, 9.17) is 0 Å². The minimum absolute atomic E-state index is 0.278. The van der Waals surface area contributed by atoms with Crippen molar-refractivity contribution in [2.45, 2.75) is 24.1 Å². The second-order valence-corrected chi connectivity index (χ2v) is 8.92. The van der Waals surface area contributed by atoms with E-state index in [1.165, 1.54) is 4.70 Å². The molecule has 1 fully saturated rings. The van der Waals surface area contributed by atoms with E-state index in [9.17, 15) is 13.2 Å². The molecule has 0 saturated heterocycles. The highest BCUT2D eigenvalue weighted by atomic mass is 32.2. The third kappa shape index (κ3) is 2.36. The Balaban J connectivity index is 1.84. The van der Waals surface area contributed by atoms with Crippen molar-refractivity contribution in [1.82, 2.24) is 4.90 Å². The first-order chi connectivity index (χ1) is 9.85. The maximum atomic E-state index is 12.5. The van der Waals surface area contributed by atoms with E-state index < -0.39 is 14.6 Å². The molecule has 0 radical (unpaired) electrons. The fourth-order valence-electron chi connectivity index (χ4n) is 2.69. The quantitative estimate of drug-likeness (QED) is 0.868. The second kappa shape index (κ2) is 4.81. The second-order valence-electron chi connectivity index (χ2n) is 5.68. The number of hydrogen-bond acceptors (Lipinski definition) is 4. The fourth-order valence-corrected chi connectivity index (χ4v) is 4.96. The SMILES string of the molecule is CN(Cc1csc2ccccc12)C(=O)C1(S(C)(=O)=O)CC1. The van der Waals surface area contributed by atoms with Gasteiger partial charge in [-0.25, -0.2) is 8.42 Å². The zero-order valence-corrected chi connectivity index (χ0v) is 13.6. The average Bonchev–Trinajstić information content (AvgIpc) is 3.16. The van der Waals surface area contributed by atoms with Crippen LogP contribution in [0, 0.1) is 0 Å². The van der Waals surface area contributed by atoms with Gasteiger partial charge >= 0.3 is 0 Å². The number of sulfone groups is 1. The Morgan fingerprint density at radius 3 is 2.62 bits per heavy atom. The zero-order chi connectivity index (χ0) is 15.3. The summed E-state index contributed by atoms with van der Waals surface area (Å²) in [4.78, 5) is 14.0. The van der Waals surface area contributed by atoms with Crippen LogP contribution in [0.15, 0.2) is 29.6 Å². The van der Waals surface area contributed by atoms with Crippen molar-refractivity contribution in [3.8, 4) is 0 Å². The van der Waals surface area contributed by atoms with Gasteiger partial charge in [-0.3, -0.25) is 4.79 Å². The first kappa shape index (κ1) is 14.5. The van der Waals surface area contributed by atoms with E-state index in [-0.39, 0.29) is 5.91 Å². The van der Waals surface area contributed by atoms with Gasteiger partial charge in [0, 0.05) is 24.5 Å². The number of rotatable bonds is 4. The Kier molecular flexibility index (Phi) is 3.33. The zero-order valence-electron chi connectivity index (χ0n) is 12.0. The van der Waals surface area contributed by atoms with Gasteiger partial charge in [-0.2, -0.15) is 0 Å². The highest BCUT2D eigenvalue weighted by Gasteiger charge is 2.59. The largest absolute Gasteiger partial charge is 0.340 e. The van der Waals surface area contributed by atoms with E-state index in [1.807, 2.05) is 29.6 Å². The molecular weight excluding hydrogens is 306 g/mol. The van der Waals surface area contributed by atoms with Crippen LogP contribution >= 0.6 is 11.3 Å². The lowest BCUT2D eigenvalue weighted by molar-refractivity contribution is -0.130. The minimum atomic E-state index is -3.35. The van der Waals surface area contributed by atoms with E-state index in [0.29, 0.717) is 19.4 Å². The molecule has 1 saturated carbocycles. The van der Waals surface area contributed by atoms with E-state index in [0.717, 1.165) is 17.2 Å². The standard InChI is InChI=1S/C15H17NO3S2/c1-16(14(17)15(7-8-15)21(2,18)19)9-11-10-20-13-6-4-3-5-12(11)13/h3-6,10H,7-9H2,1-2H3. The number of nitrogens with zero attached hydrogens (tertiary/aromatic N) is 1. The summed E-state index contributed by atoms with van der Waals surface area (Å²) in [6.45, 7) is 0.445. The normalized spacial score (nSPS) is 16.9.